The molecule has 4 atom stereocenters. The van der Waals surface area contributed by atoms with Gasteiger partial charge in [-0.3, -0.25) is 24.1 Å². The van der Waals surface area contributed by atoms with Gasteiger partial charge in [-0.1, -0.05) is 11.6 Å². The van der Waals surface area contributed by atoms with E-state index in [9.17, 15) is 24.3 Å². The monoisotopic (exact) mass is 477 g/mol. The van der Waals surface area contributed by atoms with Gasteiger partial charge in [0.1, 0.15) is 0 Å². The summed E-state index contributed by atoms with van der Waals surface area (Å²) in [5.41, 5.74) is 2.58. The Balaban J connectivity index is 1.73. The van der Waals surface area contributed by atoms with Crippen LogP contribution in [0.4, 0.5) is 0 Å². The smallest absolute Gasteiger partial charge is 0.233 e. The fourth-order valence-electron chi connectivity index (χ4n) is 6.20. The molecule has 0 radical (unpaired) electrons. The highest BCUT2D eigenvalue weighted by Crippen LogP contribution is 2.56. The largest absolute Gasteiger partial charge is 0.502 e. The Morgan fingerprint density at radius 3 is 2.29 bits per heavy atom. The van der Waals surface area contributed by atoms with E-state index in [1.54, 1.807) is 26.0 Å². The number of amides is 2. The Labute approximate surface area is 202 Å². The minimum Gasteiger partial charge on any atom is -0.502 e. The van der Waals surface area contributed by atoms with E-state index in [1.165, 1.54) is 25.2 Å². The molecular weight excluding hydrogens is 450 g/mol. The first-order chi connectivity index (χ1) is 16.7. The number of carbonyl (C=O) groups is 4. The third-order valence-electron chi connectivity index (χ3n) is 7.81. The van der Waals surface area contributed by atoms with Crippen LogP contribution in [0.3, 0.4) is 0 Å². The van der Waals surface area contributed by atoms with E-state index in [2.05, 4.69) is 0 Å². The lowest BCUT2D eigenvalue weighted by atomic mass is 9.59. The number of ketones is 2. The van der Waals surface area contributed by atoms with Gasteiger partial charge in [0, 0.05) is 29.2 Å². The van der Waals surface area contributed by atoms with Crippen molar-refractivity contribution in [2.75, 3.05) is 20.8 Å². The van der Waals surface area contributed by atoms with E-state index >= 15 is 0 Å². The lowest BCUT2D eigenvalue weighted by molar-refractivity contribution is -0.139. The molecule has 0 aromatic heterocycles. The van der Waals surface area contributed by atoms with Crippen molar-refractivity contribution < 1.29 is 33.8 Å². The molecule has 182 valence electrons. The molecule has 5 rings (SSSR count). The molecule has 1 aromatic carbocycles. The first-order valence-corrected chi connectivity index (χ1v) is 11.7. The van der Waals surface area contributed by atoms with E-state index < -0.39 is 17.8 Å². The zero-order chi connectivity index (χ0) is 25.2. The lowest BCUT2D eigenvalue weighted by Crippen LogP contribution is -2.39. The number of phenols is 1. The lowest BCUT2D eigenvalue weighted by Gasteiger charge is -2.42. The molecule has 35 heavy (non-hydrogen) atoms. The average Bonchev–Trinajstić information content (AvgIpc) is 3.10. The number of ether oxygens (including phenoxy) is 2. The second kappa shape index (κ2) is 8.22. The molecule has 8 nitrogen and oxygen atoms in total. The molecule has 8 heteroatoms. The SMILES string of the molecule is CCN1C(=O)C2CC=C3C(c4cc(OC)c(O)c(OC)c4)C4=C(CC3C2C1=O)C(=O)C=C(C)C4=O. The molecule has 3 aliphatic carbocycles. The summed E-state index contributed by atoms with van der Waals surface area (Å²) in [6, 6.07) is 3.27. The van der Waals surface area contributed by atoms with Gasteiger partial charge in [-0.2, -0.15) is 0 Å². The molecule has 1 aromatic rings. The number of fused-ring (bicyclic) bond motifs is 3. The van der Waals surface area contributed by atoms with Gasteiger partial charge in [0.25, 0.3) is 0 Å². The van der Waals surface area contributed by atoms with Crippen molar-refractivity contribution in [1.82, 2.24) is 4.90 Å². The van der Waals surface area contributed by atoms with Gasteiger partial charge < -0.3 is 14.6 Å². The molecule has 1 saturated heterocycles. The number of likely N-dealkylation sites (tertiary alicyclic amines) is 1. The van der Waals surface area contributed by atoms with Gasteiger partial charge in [0.05, 0.1) is 26.1 Å². The van der Waals surface area contributed by atoms with Crippen molar-refractivity contribution in [3.8, 4) is 17.2 Å². The van der Waals surface area contributed by atoms with Crippen LogP contribution in [0.2, 0.25) is 0 Å². The normalized spacial score (nSPS) is 27.8. The highest BCUT2D eigenvalue weighted by Gasteiger charge is 2.56. The fourth-order valence-corrected chi connectivity index (χ4v) is 6.20. The summed E-state index contributed by atoms with van der Waals surface area (Å²) in [7, 11) is 2.84. The average molecular weight is 478 g/mol. The molecule has 4 aliphatic rings. The highest BCUT2D eigenvalue weighted by molar-refractivity contribution is 6.23. The topological polar surface area (TPSA) is 110 Å². The van der Waals surface area contributed by atoms with E-state index in [1.807, 2.05) is 6.08 Å². The molecule has 1 fully saturated rings. The summed E-state index contributed by atoms with van der Waals surface area (Å²) in [6.45, 7) is 3.70. The van der Waals surface area contributed by atoms with Crippen molar-refractivity contribution in [3.05, 3.63) is 52.1 Å². The number of phenolic OH excluding ortho intramolecular Hbond substituents is 1. The maximum Gasteiger partial charge on any atom is 0.233 e. The summed E-state index contributed by atoms with van der Waals surface area (Å²) < 4.78 is 10.7. The molecule has 0 saturated carbocycles. The van der Waals surface area contributed by atoms with Gasteiger partial charge in [0.2, 0.25) is 17.6 Å². The van der Waals surface area contributed by atoms with Gasteiger partial charge in [-0.15, -0.1) is 0 Å². The van der Waals surface area contributed by atoms with Crippen molar-refractivity contribution in [3.63, 3.8) is 0 Å². The number of hydrogen-bond donors (Lipinski definition) is 1. The first kappa shape index (κ1) is 23.1. The standard InChI is InChI=1S/C27H27NO7/c1-5-28-26(32)15-7-6-14-16(22(15)27(28)33)11-17-18(29)8-12(2)24(30)23(17)21(14)13-9-19(34-3)25(31)20(10-13)35-4/h6,8-10,15-16,21-22,31H,5,7,11H2,1-4H3. The van der Waals surface area contributed by atoms with Gasteiger partial charge in [-0.25, -0.2) is 0 Å². The molecule has 4 unspecified atom stereocenters. The Kier molecular flexibility index (Phi) is 5.42. The Bertz CT molecular complexity index is 1260. The van der Waals surface area contributed by atoms with E-state index in [4.69, 9.17) is 9.47 Å². The van der Waals surface area contributed by atoms with Crippen molar-refractivity contribution in [2.45, 2.75) is 32.6 Å². The number of benzene rings is 1. The molecule has 1 N–H and O–H groups in total. The summed E-state index contributed by atoms with van der Waals surface area (Å²) in [5.74, 6) is -2.75. The number of carbonyl (C=O) groups excluding carboxylic acids is 4. The Morgan fingerprint density at radius 2 is 1.69 bits per heavy atom. The van der Waals surface area contributed by atoms with Crippen LogP contribution in [0.1, 0.15) is 38.2 Å². The molecule has 1 heterocycles. The van der Waals surface area contributed by atoms with Gasteiger partial charge in [0.15, 0.2) is 23.1 Å². The first-order valence-electron chi connectivity index (χ1n) is 11.7. The summed E-state index contributed by atoms with van der Waals surface area (Å²) in [5, 5.41) is 10.5. The number of rotatable bonds is 4. The summed E-state index contributed by atoms with van der Waals surface area (Å²) >= 11 is 0. The van der Waals surface area contributed by atoms with Crippen LogP contribution in [0.15, 0.2) is 46.6 Å². The number of aromatic hydroxyl groups is 1. The number of allylic oxidation sites excluding steroid dienone is 6. The van der Waals surface area contributed by atoms with E-state index in [0.29, 0.717) is 35.2 Å². The van der Waals surface area contributed by atoms with Gasteiger partial charge in [-0.05, 0) is 56.4 Å². The molecule has 0 spiro atoms. The predicted molar refractivity (Wildman–Crippen MR) is 125 cm³/mol. The Hall–Kier alpha value is -3.68. The van der Waals surface area contributed by atoms with Crippen LogP contribution in [-0.2, 0) is 19.2 Å². The summed E-state index contributed by atoms with van der Waals surface area (Å²) in [4.78, 5) is 54.1. The number of hydrogen-bond acceptors (Lipinski definition) is 7. The highest BCUT2D eigenvalue weighted by atomic mass is 16.5. The quantitative estimate of drug-likeness (QED) is 0.403. The van der Waals surface area contributed by atoms with Crippen LogP contribution >= 0.6 is 0 Å². The number of nitrogens with zero attached hydrogens (tertiary/aromatic N) is 1. The minimum atomic E-state index is -0.633. The molecule has 2 amide bonds. The Morgan fingerprint density at radius 1 is 1.03 bits per heavy atom. The van der Waals surface area contributed by atoms with Crippen LogP contribution in [0.25, 0.3) is 0 Å². The second-order valence-corrected chi connectivity index (χ2v) is 9.42. The third-order valence-corrected chi connectivity index (χ3v) is 7.81. The summed E-state index contributed by atoms with van der Waals surface area (Å²) in [6.07, 6.45) is 3.93. The van der Waals surface area contributed by atoms with Gasteiger partial charge >= 0.3 is 0 Å². The number of methoxy groups -OCH3 is 2. The minimum absolute atomic E-state index is 0.170. The van der Waals surface area contributed by atoms with Crippen LogP contribution < -0.4 is 9.47 Å². The van der Waals surface area contributed by atoms with E-state index in [-0.39, 0.29) is 53.0 Å². The van der Waals surface area contributed by atoms with Crippen molar-refractivity contribution >= 4 is 23.4 Å². The predicted octanol–water partition coefficient (Wildman–Crippen LogP) is 2.86. The maximum absolute atomic E-state index is 13.4. The number of Topliss-reactive ketones (excluding diaryl/α,β-unsaturated/α-hetero) is 1. The van der Waals surface area contributed by atoms with Crippen molar-refractivity contribution in [1.29, 1.82) is 0 Å². The zero-order valence-corrected chi connectivity index (χ0v) is 20.1. The van der Waals surface area contributed by atoms with Crippen LogP contribution in [0, 0.1) is 17.8 Å². The van der Waals surface area contributed by atoms with Crippen LogP contribution in [0.5, 0.6) is 17.2 Å². The third kappa shape index (κ3) is 3.19. The fraction of sp³-hybridized carbons (Fsp3) is 0.407. The second-order valence-electron chi connectivity index (χ2n) is 9.42. The molecule has 1 aliphatic heterocycles. The molecular formula is C27H27NO7. The van der Waals surface area contributed by atoms with Crippen LogP contribution in [-0.4, -0.2) is 54.2 Å². The van der Waals surface area contributed by atoms with E-state index in [0.717, 1.165) is 5.57 Å². The maximum atomic E-state index is 13.4. The number of imide groups is 1. The molecule has 0 bridgehead atoms. The zero-order valence-electron chi connectivity index (χ0n) is 20.1. The van der Waals surface area contributed by atoms with Crippen molar-refractivity contribution in [2.24, 2.45) is 17.8 Å².